The molecule has 2 heteroatoms. The van der Waals surface area contributed by atoms with Crippen molar-refractivity contribution in [3.05, 3.63) is 35.4 Å². The Morgan fingerprint density at radius 1 is 1.24 bits per heavy atom. The Morgan fingerprint density at radius 3 is 2.71 bits per heavy atom. The van der Waals surface area contributed by atoms with Gasteiger partial charge in [-0.2, -0.15) is 0 Å². The fraction of sp³-hybridized carbons (Fsp3) is 0.684. The first-order chi connectivity index (χ1) is 10.3. The molecule has 0 heterocycles. The number of hydrogen-bond donors (Lipinski definition) is 1. The highest BCUT2D eigenvalue weighted by Crippen LogP contribution is 2.45. The lowest BCUT2D eigenvalue weighted by Crippen LogP contribution is -2.47. The molecular weight excluding hydrogens is 258 g/mol. The fourth-order valence-electron chi connectivity index (χ4n) is 4.26. The summed E-state index contributed by atoms with van der Waals surface area (Å²) >= 11 is 0. The Labute approximate surface area is 130 Å². The molecule has 0 radical (unpaired) electrons. The first-order valence-electron chi connectivity index (χ1n) is 8.56. The van der Waals surface area contributed by atoms with E-state index in [1.54, 1.807) is 18.2 Å². The monoisotopic (exact) mass is 289 g/mol. The van der Waals surface area contributed by atoms with E-state index in [-0.39, 0.29) is 0 Å². The second-order valence-corrected chi connectivity index (χ2v) is 6.35. The van der Waals surface area contributed by atoms with E-state index < -0.39 is 0 Å². The van der Waals surface area contributed by atoms with Gasteiger partial charge in [0.1, 0.15) is 0 Å². The van der Waals surface area contributed by atoms with Gasteiger partial charge in [0.2, 0.25) is 0 Å². The van der Waals surface area contributed by atoms with Gasteiger partial charge in [0.25, 0.3) is 0 Å². The van der Waals surface area contributed by atoms with E-state index in [1.807, 2.05) is 0 Å². The molecule has 0 saturated carbocycles. The van der Waals surface area contributed by atoms with Crippen molar-refractivity contribution in [1.29, 1.82) is 0 Å². The predicted octanol–water partition coefficient (Wildman–Crippen LogP) is 3.93. The molecule has 0 fully saturated rings. The molecule has 0 spiro atoms. The number of aryl methyl sites for hydroxylation is 1. The van der Waals surface area contributed by atoms with E-state index in [2.05, 4.69) is 43.4 Å². The Morgan fingerprint density at radius 2 is 2.00 bits per heavy atom. The number of benzene rings is 1. The lowest BCUT2D eigenvalue weighted by molar-refractivity contribution is 0.178. The van der Waals surface area contributed by atoms with Gasteiger partial charge in [-0.1, -0.05) is 51.0 Å². The summed E-state index contributed by atoms with van der Waals surface area (Å²) in [6.45, 7) is 7.52. The van der Waals surface area contributed by atoms with E-state index in [9.17, 15) is 0 Å². The standard InChI is InChI=1S/C19H31NO/c1-4-17(5-2)19(15-20-13-14-21-3)12-8-10-16-9-6-7-11-18(16)19/h6-7,9,11,17,20H,4-5,8,10,12-15H2,1-3H3. The van der Waals surface area contributed by atoms with E-state index in [1.165, 1.54) is 32.1 Å². The topological polar surface area (TPSA) is 21.3 Å². The molecule has 1 atom stereocenters. The summed E-state index contributed by atoms with van der Waals surface area (Å²) in [7, 11) is 1.77. The zero-order valence-corrected chi connectivity index (χ0v) is 14.0. The molecular formula is C19H31NO. The molecule has 118 valence electrons. The first kappa shape index (κ1) is 16.5. The Balaban J connectivity index is 2.28. The van der Waals surface area contributed by atoms with Gasteiger partial charge < -0.3 is 10.1 Å². The minimum atomic E-state index is 0.312. The van der Waals surface area contributed by atoms with Gasteiger partial charge in [-0.05, 0) is 36.3 Å². The number of fused-ring (bicyclic) bond motifs is 1. The molecule has 1 aliphatic rings. The molecule has 1 aromatic rings. The number of ether oxygens (including phenoxy) is 1. The van der Waals surface area contributed by atoms with Crippen LogP contribution in [0.15, 0.2) is 24.3 Å². The summed E-state index contributed by atoms with van der Waals surface area (Å²) < 4.78 is 5.18. The maximum absolute atomic E-state index is 5.18. The van der Waals surface area contributed by atoms with Gasteiger partial charge in [0.05, 0.1) is 6.61 Å². The van der Waals surface area contributed by atoms with Crippen molar-refractivity contribution in [1.82, 2.24) is 5.32 Å². The quantitative estimate of drug-likeness (QED) is 0.732. The van der Waals surface area contributed by atoms with Gasteiger partial charge in [0.15, 0.2) is 0 Å². The van der Waals surface area contributed by atoms with Crippen LogP contribution in [0.25, 0.3) is 0 Å². The van der Waals surface area contributed by atoms with E-state index >= 15 is 0 Å². The van der Waals surface area contributed by atoms with Crippen molar-refractivity contribution in [3.8, 4) is 0 Å². The third kappa shape index (κ3) is 3.49. The van der Waals surface area contributed by atoms with Crippen LogP contribution in [-0.2, 0) is 16.6 Å². The molecule has 0 bridgehead atoms. The van der Waals surface area contributed by atoms with Crippen LogP contribution in [0.2, 0.25) is 0 Å². The van der Waals surface area contributed by atoms with Crippen molar-refractivity contribution in [2.75, 3.05) is 26.8 Å². The highest BCUT2D eigenvalue weighted by Gasteiger charge is 2.41. The highest BCUT2D eigenvalue weighted by molar-refractivity contribution is 5.38. The van der Waals surface area contributed by atoms with Crippen molar-refractivity contribution >= 4 is 0 Å². The lowest BCUT2D eigenvalue weighted by atomic mass is 9.61. The molecule has 0 amide bonds. The lowest BCUT2D eigenvalue weighted by Gasteiger charge is -2.45. The van der Waals surface area contributed by atoms with Crippen molar-refractivity contribution in [2.45, 2.75) is 51.4 Å². The third-order valence-corrected chi connectivity index (χ3v) is 5.31. The van der Waals surface area contributed by atoms with Crippen LogP contribution in [0.4, 0.5) is 0 Å². The molecule has 1 aromatic carbocycles. The SMILES string of the molecule is CCC(CC)C1(CNCCOC)CCCc2ccccc21. The molecule has 2 rings (SSSR count). The Bertz CT molecular complexity index is 427. The summed E-state index contributed by atoms with van der Waals surface area (Å²) in [4.78, 5) is 0. The van der Waals surface area contributed by atoms with Gasteiger partial charge in [-0.15, -0.1) is 0 Å². The molecule has 0 aromatic heterocycles. The summed E-state index contributed by atoms with van der Waals surface area (Å²) in [6, 6.07) is 9.13. The first-order valence-corrected chi connectivity index (χ1v) is 8.56. The van der Waals surface area contributed by atoms with Gasteiger partial charge in [0, 0.05) is 25.6 Å². The largest absolute Gasteiger partial charge is 0.383 e. The maximum atomic E-state index is 5.18. The van der Waals surface area contributed by atoms with Crippen LogP contribution in [-0.4, -0.2) is 26.8 Å². The summed E-state index contributed by atoms with van der Waals surface area (Å²) in [6.07, 6.45) is 6.40. The third-order valence-electron chi connectivity index (χ3n) is 5.31. The zero-order valence-electron chi connectivity index (χ0n) is 14.0. The van der Waals surface area contributed by atoms with Gasteiger partial charge in [-0.3, -0.25) is 0 Å². The molecule has 21 heavy (non-hydrogen) atoms. The summed E-state index contributed by atoms with van der Waals surface area (Å²) in [5.74, 6) is 0.758. The predicted molar refractivity (Wildman–Crippen MR) is 89.9 cm³/mol. The molecule has 1 unspecified atom stereocenters. The molecule has 0 aliphatic heterocycles. The van der Waals surface area contributed by atoms with Crippen LogP contribution in [0.3, 0.4) is 0 Å². The van der Waals surface area contributed by atoms with E-state index in [4.69, 9.17) is 4.74 Å². The molecule has 2 nitrogen and oxygen atoms in total. The number of nitrogens with one attached hydrogen (secondary N) is 1. The average molecular weight is 289 g/mol. The van der Waals surface area contributed by atoms with Crippen LogP contribution < -0.4 is 5.32 Å². The normalized spacial score (nSPS) is 21.5. The Hall–Kier alpha value is -0.860. The zero-order chi connectivity index (χ0) is 15.1. The fourth-order valence-corrected chi connectivity index (χ4v) is 4.26. The van der Waals surface area contributed by atoms with E-state index in [0.29, 0.717) is 5.41 Å². The Kier molecular flexibility index (Phi) is 6.25. The van der Waals surface area contributed by atoms with Crippen LogP contribution in [0.1, 0.15) is 50.7 Å². The van der Waals surface area contributed by atoms with Gasteiger partial charge >= 0.3 is 0 Å². The minimum absolute atomic E-state index is 0.312. The molecule has 1 aliphatic carbocycles. The summed E-state index contributed by atoms with van der Waals surface area (Å²) in [5.41, 5.74) is 3.49. The van der Waals surface area contributed by atoms with Crippen LogP contribution >= 0.6 is 0 Å². The van der Waals surface area contributed by atoms with Crippen LogP contribution in [0.5, 0.6) is 0 Å². The number of rotatable bonds is 8. The molecule has 1 N–H and O–H groups in total. The maximum Gasteiger partial charge on any atom is 0.0587 e. The minimum Gasteiger partial charge on any atom is -0.383 e. The average Bonchev–Trinajstić information content (AvgIpc) is 2.53. The van der Waals surface area contributed by atoms with Crippen LogP contribution in [0, 0.1) is 5.92 Å². The smallest absolute Gasteiger partial charge is 0.0587 e. The second-order valence-electron chi connectivity index (χ2n) is 6.35. The van der Waals surface area contributed by atoms with Crippen molar-refractivity contribution in [3.63, 3.8) is 0 Å². The highest BCUT2D eigenvalue weighted by atomic mass is 16.5. The number of methoxy groups -OCH3 is 1. The van der Waals surface area contributed by atoms with E-state index in [0.717, 1.165) is 25.6 Å². The van der Waals surface area contributed by atoms with Gasteiger partial charge in [-0.25, -0.2) is 0 Å². The number of hydrogen-bond acceptors (Lipinski definition) is 2. The van der Waals surface area contributed by atoms with Crippen molar-refractivity contribution in [2.24, 2.45) is 5.92 Å². The summed E-state index contributed by atoms with van der Waals surface area (Å²) in [5, 5.41) is 3.66. The molecule has 0 saturated heterocycles. The van der Waals surface area contributed by atoms with Crippen molar-refractivity contribution < 1.29 is 4.74 Å². The second kappa shape index (κ2) is 7.95.